The fraction of sp³-hybridized carbons (Fsp3) is 0.588. The van der Waals surface area contributed by atoms with Gasteiger partial charge < -0.3 is 18.9 Å². The second-order valence-electron chi connectivity index (χ2n) is 6.92. The number of alkyl halides is 2. The molecule has 0 amide bonds. The molecule has 0 spiro atoms. The summed E-state index contributed by atoms with van der Waals surface area (Å²) in [5.41, 5.74) is -0.732. The Morgan fingerprint density at radius 2 is 1.92 bits per heavy atom. The van der Waals surface area contributed by atoms with Gasteiger partial charge in [-0.15, -0.1) is 0 Å². The molecule has 1 saturated carbocycles. The summed E-state index contributed by atoms with van der Waals surface area (Å²) in [6.07, 6.45) is -3.92. The molecule has 0 radical (unpaired) electrons. The van der Waals surface area contributed by atoms with Crippen molar-refractivity contribution in [2.45, 2.75) is 62.7 Å². The number of carbonyl (C=O) groups excluding carboxylic acids is 1. The average molecular weight is 340 g/mol. The third kappa shape index (κ3) is 2.30. The lowest BCUT2D eigenvalue weighted by Gasteiger charge is -2.32. The van der Waals surface area contributed by atoms with Crippen molar-refractivity contribution in [3.63, 3.8) is 0 Å². The molecule has 2 heterocycles. The van der Waals surface area contributed by atoms with Crippen molar-refractivity contribution in [2.24, 2.45) is 0 Å². The molecule has 2 saturated heterocycles. The minimum atomic E-state index is -3.50. The van der Waals surface area contributed by atoms with E-state index in [0.717, 1.165) is 5.56 Å². The monoisotopic (exact) mass is 340 g/mol. The summed E-state index contributed by atoms with van der Waals surface area (Å²) >= 11 is 0. The van der Waals surface area contributed by atoms with Crippen LogP contribution in [0.4, 0.5) is 8.78 Å². The number of benzene rings is 1. The Balaban J connectivity index is 1.65. The quantitative estimate of drug-likeness (QED) is 0.846. The van der Waals surface area contributed by atoms with Gasteiger partial charge in [0.1, 0.15) is 11.7 Å². The maximum absolute atomic E-state index is 14.1. The zero-order valence-electron chi connectivity index (χ0n) is 13.3. The van der Waals surface area contributed by atoms with Crippen molar-refractivity contribution in [3.05, 3.63) is 35.9 Å². The SMILES string of the molecule is CC1(C)O[C@H]2O[C@@H]3C(=O)C(F)(F)CC3(OCc3ccccc3)[C@H]2O1. The summed E-state index contributed by atoms with van der Waals surface area (Å²) in [4.78, 5) is 12.1. The van der Waals surface area contributed by atoms with E-state index in [0.29, 0.717) is 0 Å². The molecule has 1 aliphatic carbocycles. The van der Waals surface area contributed by atoms with Gasteiger partial charge in [0, 0.05) is 0 Å². The predicted molar refractivity (Wildman–Crippen MR) is 77.2 cm³/mol. The van der Waals surface area contributed by atoms with Gasteiger partial charge in [0.2, 0.25) is 5.78 Å². The summed E-state index contributed by atoms with van der Waals surface area (Å²) < 4.78 is 50.9. The molecule has 3 aliphatic rings. The first-order valence-corrected chi connectivity index (χ1v) is 7.85. The van der Waals surface area contributed by atoms with E-state index in [1.165, 1.54) is 0 Å². The first-order chi connectivity index (χ1) is 11.2. The van der Waals surface area contributed by atoms with Gasteiger partial charge in [-0.1, -0.05) is 30.3 Å². The number of halogens is 2. The van der Waals surface area contributed by atoms with Crippen molar-refractivity contribution in [3.8, 4) is 0 Å². The number of carbonyl (C=O) groups is 1. The smallest absolute Gasteiger partial charge is 0.311 e. The van der Waals surface area contributed by atoms with Gasteiger partial charge in [-0.2, -0.15) is 8.78 Å². The van der Waals surface area contributed by atoms with Crippen LogP contribution in [0.3, 0.4) is 0 Å². The normalized spacial score (nSPS) is 39.0. The van der Waals surface area contributed by atoms with E-state index in [-0.39, 0.29) is 6.61 Å². The maximum atomic E-state index is 14.1. The van der Waals surface area contributed by atoms with Crippen LogP contribution in [0.5, 0.6) is 0 Å². The molecule has 130 valence electrons. The highest BCUT2D eigenvalue weighted by molar-refractivity contribution is 5.94. The van der Waals surface area contributed by atoms with Crippen molar-refractivity contribution < 1.29 is 32.5 Å². The number of hydrogen-bond acceptors (Lipinski definition) is 5. The van der Waals surface area contributed by atoms with Gasteiger partial charge in [-0.05, 0) is 19.4 Å². The zero-order chi connectivity index (χ0) is 17.2. The predicted octanol–water partition coefficient (Wildman–Crippen LogP) is 2.43. The number of rotatable bonds is 3. The van der Waals surface area contributed by atoms with Gasteiger partial charge in [-0.3, -0.25) is 4.79 Å². The minimum absolute atomic E-state index is 0.0804. The topological polar surface area (TPSA) is 54.0 Å². The molecule has 2 aliphatic heterocycles. The molecule has 1 aromatic carbocycles. The second-order valence-corrected chi connectivity index (χ2v) is 6.92. The van der Waals surface area contributed by atoms with Crippen LogP contribution >= 0.6 is 0 Å². The number of Topliss-reactive ketones (excluding diaryl/α,β-unsaturated/α-hetero) is 1. The molecule has 1 unspecified atom stereocenters. The molecule has 1 aromatic rings. The minimum Gasteiger partial charge on any atom is -0.364 e. The fourth-order valence-electron chi connectivity index (χ4n) is 3.66. The highest BCUT2D eigenvalue weighted by atomic mass is 19.3. The van der Waals surface area contributed by atoms with Gasteiger partial charge in [0.15, 0.2) is 18.2 Å². The molecule has 7 heteroatoms. The van der Waals surface area contributed by atoms with Crippen molar-refractivity contribution in [2.75, 3.05) is 0 Å². The highest BCUT2D eigenvalue weighted by Crippen LogP contribution is 2.55. The Hall–Kier alpha value is -1.41. The lowest BCUT2D eigenvalue weighted by Crippen LogP contribution is -2.49. The lowest BCUT2D eigenvalue weighted by molar-refractivity contribution is -0.231. The Bertz CT molecular complexity index is 662. The molecule has 24 heavy (non-hydrogen) atoms. The number of hydrogen-bond donors (Lipinski definition) is 0. The van der Waals surface area contributed by atoms with Crippen molar-refractivity contribution >= 4 is 5.78 Å². The summed E-state index contributed by atoms with van der Waals surface area (Å²) in [7, 11) is 0. The summed E-state index contributed by atoms with van der Waals surface area (Å²) in [6.45, 7) is 3.42. The first kappa shape index (κ1) is 16.1. The summed E-state index contributed by atoms with van der Waals surface area (Å²) in [6, 6.07) is 9.15. The van der Waals surface area contributed by atoms with Crippen molar-refractivity contribution in [1.82, 2.24) is 0 Å². The van der Waals surface area contributed by atoms with Crippen molar-refractivity contribution in [1.29, 1.82) is 0 Å². The Kier molecular flexibility index (Phi) is 3.38. The number of fused-ring (bicyclic) bond motifs is 3. The van der Waals surface area contributed by atoms with Gasteiger partial charge in [0.25, 0.3) is 0 Å². The molecule has 4 atom stereocenters. The van der Waals surface area contributed by atoms with Crippen LogP contribution in [-0.4, -0.2) is 41.6 Å². The molecule has 5 nitrogen and oxygen atoms in total. The van der Waals surface area contributed by atoms with Crippen LogP contribution in [0.25, 0.3) is 0 Å². The Labute approximate surface area is 137 Å². The maximum Gasteiger partial charge on any atom is 0.311 e. The molecular weight excluding hydrogens is 322 g/mol. The molecular formula is C17H18F2O5. The van der Waals surface area contributed by atoms with Crippen LogP contribution in [-0.2, 0) is 30.3 Å². The average Bonchev–Trinajstić information content (AvgIpc) is 3.03. The number of ketones is 1. The van der Waals surface area contributed by atoms with Crippen LogP contribution in [0.1, 0.15) is 25.8 Å². The summed E-state index contributed by atoms with van der Waals surface area (Å²) in [5.74, 6) is -5.75. The Morgan fingerprint density at radius 3 is 2.62 bits per heavy atom. The van der Waals surface area contributed by atoms with E-state index in [4.69, 9.17) is 18.9 Å². The van der Waals surface area contributed by atoms with Gasteiger partial charge in [0.05, 0.1) is 13.0 Å². The number of ether oxygens (including phenoxy) is 4. The van der Waals surface area contributed by atoms with E-state index in [9.17, 15) is 13.6 Å². The third-order valence-corrected chi connectivity index (χ3v) is 4.70. The molecule has 0 N–H and O–H groups in total. The molecule has 3 fully saturated rings. The van der Waals surface area contributed by atoms with Gasteiger partial charge >= 0.3 is 5.92 Å². The van der Waals surface area contributed by atoms with Crippen LogP contribution < -0.4 is 0 Å². The molecule has 4 rings (SSSR count). The molecule has 0 aromatic heterocycles. The van der Waals surface area contributed by atoms with Crippen LogP contribution in [0.2, 0.25) is 0 Å². The van der Waals surface area contributed by atoms with E-state index in [1.807, 2.05) is 30.3 Å². The molecule has 0 bridgehead atoms. The standard InChI is InChI=1S/C17H18F2O5/c1-15(2)23-13-14(24-15)22-12-11(20)17(18,19)9-16(12,13)21-8-10-6-4-3-5-7-10/h3-7,12-14H,8-9H2,1-2H3/t12-,13+,14-,16?/m1/s1. The zero-order valence-corrected chi connectivity index (χ0v) is 13.3. The largest absolute Gasteiger partial charge is 0.364 e. The third-order valence-electron chi connectivity index (χ3n) is 4.70. The second kappa shape index (κ2) is 5.05. The van der Waals surface area contributed by atoms with E-state index >= 15 is 0 Å². The first-order valence-electron chi connectivity index (χ1n) is 7.85. The lowest BCUT2D eigenvalue weighted by atomic mass is 9.94. The van der Waals surface area contributed by atoms with Gasteiger partial charge in [-0.25, -0.2) is 0 Å². The Morgan fingerprint density at radius 1 is 1.21 bits per heavy atom. The highest BCUT2D eigenvalue weighted by Gasteiger charge is 2.76. The van der Waals surface area contributed by atoms with Crippen LogP contribution in [0.15, 0.2) is 30.3 Å². The van der Waals surface area contributed by atoms with Crippen LogP contribution in [0, 0.1) is 0 Å². The van der Waals surface area contributed by atoms with E-state index in [2.05, 4.69) is 0 Å². The van der Waals surface area contributed by atoms with E-state index in [1.54, 1.807) is 13.8 Å². The van der Waals surface area contributed by atoms with E-state index < -0.39 is 48.0 Å². The fourth-order valence-corrected chi connectivity index (χ4v) is 3.66. The summed E-state index contributed by atoms with van der Waals surface area (Å²) in [5, 5.41) is 0.